The Balaban J connectivity index is 1.29. The molecule has 3 aromatic carbocycles. The number of nitrogens with one attached hydrogen (secondary N) is 3. The van der Waals surface area contributed by atoms with E-state index in [4.69, 9.17) is 15.2 Å². The van der Waals surface area contributed by atoms with Crippen LogP contribution in [0.4, 0.5) is 11.4 Å². The zero-order chi connectivity index (χ0) is 51.8. The van der Waals surface area contributed by atoms with Crippen LogP contribution in [0.15, 0.2) is 65.4 Å². The van der Waals surface area contributed by atoms with Crippen LogP contribution in [0.2, 0.25) is 0 Å². The Morgan fingerprint density at radius 3 is 2.33 bits per heavy atom. The minimum absolute atomic E-state index is 0.0236. The number of amides is 3. The molecule has 6 N–H and O–H groups in total. The van der Waals surface area contributed by atoms with E-state index in [-0.39, 0.29) is 71.6 Å². The van der Waals surface area contributed by atoms with Gasteiger partial charge in [0.05, 0.1) is 30.5 Å². The molecule has 1 aromatic heterocycles. The third-order valence-corrected chi connectivity index (χ3v) is 14.3. The van der Waals surface area contributed by atoms with Crippen molar-refractivity contribution in [2.24, 2.45) is 17.6 Å². The lowest BCUT2D eigenvalue weighted by Gasteiger charge is -2.19. The monoisotopic (exact) mass is 1010 g/mol. The molecule has 0 unspecified atom stereocenters. The predicted molar refractivity (Wildman–Crippen MR) is 293 cm³/mol. The maximum absolute atomic E-state index is 14.8. The van der Waals surface area contributed by atoms with Gasteiger partial charge in [-0.2, -0.15) is 11.3 Å². The van der Waals surface area contributed by atoms with Crippen molar-refractivity contribution >= 4 is 58.3 Å². The number of hydrogen-bond donors (Lipinski definition) is 5. The molecule has 2 saturated carbocycles. The minimum atomic E-state index is -1.01. The molecule has 2 fully saturated rings. The van der Waals surface area contributed by atoms with Crippen molar-refractivity contribution in [2.75, 3.05) is 30.8 Å². The number of rotatable bonds is 30. The molecular weight excluding hydrogens is 937 g/mol. The second-order valence-corrected chi connectivity index (χ2v) is 20.4. The van der Waals surface area contributed by atoms with Crippen LogP contribution in [0.5, 0.6) is 11.5 Å². The molecule has 0 bridgehead atoms. The number of aryl methyl sites for hydroxylation is 2. The average molecular weight is 1010 g/mol. The summed E-state index contributed by atoms with van der Waals surface area (Å²) in [6.45, 7) is 3.02. The highest BCUT2D eigenvalue weighted by atomic mass is 32.1. The number of anilines is 2. The number of nitrogens with two attached hydrogens (primary N) is 1. The van der Waals surface area contributed by atoms with Crippen LogP contribution < -0.4 is 31.2 Å². The lowest BCUT2D eigenvalue weighted by atomic mass is 9.88. The van der Waals surface area contributed by atoms with Gasteiger partial charge in [0.25, 0.3) is 17.7 Å². The number of thiophene rings is 1. The number of hydrogen-bond acceptors (Lipinski definition) is 9. The summed E-state index contributed by atoms with van der Waals surface area (Å²) in [7, 11) is 1.49. The van der Waals surface area contributed by atoms with Crippen molar-refractivity contribution in [1.29, 1.82) is 0 Å². The first-order valence-electron chi connectivity index (χ1n) is 26.7. The molecule has 0 spiro atoms. The van der Waals surface area contributed by atoms with Gasteiger partial charge in [-0.3, -0.25) is 24.0 Å². The van der Waals surface area contributed by atoms with E-state index in [0.717, 1.165) is 61.1 Å². The number of benzene rings is 3. The number of carboxylic acid groups (broad SMARTS) is 1. The van der Waals surface area contributed by atoms with E-state index >= 15 is 0 Å². The van der Waals surface area contributed by atoms with Crippen molar-refractivity contribution in [3.8, 4) is 23.3 Å². The highest BCUT2D eigenvalue weighted by Gasteiger charge is 2.24. The fourth-order valence-electron chi connectivity index (χ4n) is 9.18. The fraction of sp³-hybridized carbons (Fsp3) is 0.483. The summed E-state index contributed by atoms with van der Waals surface area (Å²) in [6.07, 6.45) is 23.6. The molecule has 12 nitrogen and oxygen atoms in total. The zero-order valence-electron chi connectivity index (χ0n) is 43.1. The molecule has 3 amide bonds. The number of carbonyl (C=O) groups is 5. The molecule has 2 aliphatic rings. The number of methoxy groups -OCH3 is 1. The number of ether oxygens (including phenoxy) is 2. The molecule has 73 heavy (non-hydrogen) atoms. The van der Waals surface area contributed by atoms with Gasteiger partial charge in [-0.05, 0) is 152 Å². The minimum Gasteiger partial charge on any atom is -0.495 e. The molecule has 0 aliphatic heterocycles. The van der Waals surface area contributed by atoms with Crippen LogP contribution in [0.3, 0.4) is 0 Å². The second kappa shape index (κ2) is 30.1. The van der Waals surface area contributed by atoms with Gasteiger partial charge in [-0.1, -0.05) is 94.8 Å². The third kappa shape index (κ3) is 19.0. The van der Waals surface area contributed by atoms with E-state index in [1.165, 1.54) is 69.8 Å². The molecule has 0 atom stereocenters. The largest absolute Gasteiger partial charge is 0.495 e. The number of aliphatic carboxylic acids is 1. The van der Waals surface area contributed by atoms with E-state index in [1.807, 2.05) is 29.0 Å². The van der Waals surface area contributed by atoms with Gasteiger partial charge in [-0.25, -0.2) is 0 Å². The molecule has 2 aliphatic carbocycles. The van der Waals surface area contributed by atoms with E-state index in [2.05, 4.69) is 52.9 Å². The number of carboxylic acids is 1. The summed E-state index contributed by atoms with van der Waals surface area (Å²) < 4.78 is 12.3. The first kappa shape index (κ1) is 56.1. The van der Waals surface area contributed by atoms with Gasteiger partial charge in [-0.15, -0.1) is 0 Å². The Morgan fingerprint density at radius 1 is 0.795 bits per heavy atom. The third-order valence-electron chi connectivity index (χ3n) is 13.6. The first-order chi connectivity index (χ1) is 35.5. The van der Waals surface area contributed by atoms with Crippen LogP contribution >= 0.6 is 11.3 Å². The standard InChI is InChI=1S/C60H76N4O8S/c1-3-4-5-6-10-20-51(65)21-15-31-62-58(68)50-36-48(19-11-12-22-56(66)67)57(55(38-50)72-40-46-29-32-73-41-46)64-60(70)52-39-54(71-2)53(37-47(52)18-13-14-30-61)63-59(69)49-34-44(27-25-42-16-8-7-9-17-42)33-45(35-49)28-26-43-23-24-43/h25,27,29,32-39,41-43H,3-10,12-18,20-24,26,28,30-31,40,61H2,1-2H3,(H,62,68)(H,63,69)(H,64,70)(H,66,67)/b27-25+. The topological polar surface area (TPSA) is 186 Å². The lowest BCUT2D eigenvalue weighted by Crippen LogP contribution is -2.25. The van der Waals surface area contributed by atoms with Gasteiger partial charge in [0.15, 0.2) is 0 Å². The molecule has 13 heteroatoms. The smallest absolute Gasteiger partial charge is 0.304 e. The van der Waals surface area contributed by atoms with Crippen LogP contribution in [-0.4, -0.2) is 54.8 Å². The molecule has 4 aromatic rings. The second-order valence-electron chi connectivity index (χ2n) is 19.6. The van der Waals surface area contributed by atoms with Crippen molar-refractivity contribution in [2.45, 2.75) is 155 Å². The summed E-state index contributed by atoms with van der Waals surface area (Å²) in [5.74, 6) is 5.65. The normalized spacial score (nSPS) is 13.5. The van der Waals surface area contributed by atoms with Gasteiger partial charge < -0.3 is 36.3 Å². The number of Topliss-reactive ketones (excluding diaryl/α,β-unsaturated/α-hetero) is 1. The van der Waals surface area contributed by atoms with Crippen LogP contribution in [-0.2, 0) is 29.0 Å². The Hall–Kier alpha value is -6.23. The highest BCUT2D eigenvalue weighted by molar-refractivity contribution is 7.07. The summed E-state index contributed by atoms with van der Waals surface area (Å²) in [5, 5.41) is 22.3. The molecular formula is C60H76N4O8S. The van der Waals surface area contributed by atoms with Crippen molar-refractivity contribution in [3.05, 3.63) is 110 Å². The number of carbonyl (C=O) groups excluding carboxylic acids is 4. The van der Waals surface area contributed by atoms with E-state index in [9.17, 15) is 29.1 Å². The molecule has 390 valence electrons. The number of ketones is 1. The van der Waals surface area contributed by atoms with Crippen molar-refractivity contribution < 1.29 is 38.6 Å². The van der Waals surface area contributed by atoms with Crippen LogP contribution in [0, 0.1) is 23.7 Å². The maximum atomic E-state index is 14.8. The van der Waals surface area contributed by atoms with E-state index in [1.54, 1.807) is 24.3 Å². The highest BCUT2D eigenvalue weighted by Crippen LogP contribution is 2.36. The summed E-state index contributed by atoms with van der Waals surface area (Å²) in [4.78, 5) is 66.9. The number of allylic oxidation sites excluding steroid dienone is 1. The van der Waals surface area contributed by atoms with Gasteiger partial charge >= 0.3 is 5.97 Å². The predicted octanol–water partition coefficient (Wildman–Crippen LogP) is 12.7. The molecule has 0 saturated heterocycles. The fourth-order valence-corrected chi connectivity index (χ4v) is 9.83. The molecule has 1 heterocycles. The first-order valence-corrected chi connectivity index (χ1v) is 27.7. The summed E-state index contributed by atoms with van der Waals surface area (Å²) >= 11 is 1.51. The summed E-state index contributed by atoms with van der Waals surface area (Å²) in [6, 6.07) is 14.6. The molecule has 6 rings (SSSR count). The van der Waals surface area contributed by atoms with E-state index < -0.39 is 17.8 Å². The average Bonchev–Trinajstić information content (AvgIpc) is 4.08. The Labute approximate surface area is 436 Å². The lowest BCUT2D eigenvalue weighted by molar-refractivity contribution is -0.136. The van der Waals surface area contributed by atoms with E-state index in [0.29, 0.717) is 67.8 Å². The number of unbranched alkanes of at least 4 members (excludes halogenated alkanes) is 5. The maximum Gasteiger partial charge on any atom is 0.304 e. The Bertz CT molecular complexity index is 2570. The zero-order valence-corrected chi connectivity index (χ0v) is 43.9. The Morgan fingerprint density at radius 2 is 1.59 bits per heavy atom. The van der Waals surface area contributed by atoms with Crippen molar-refractivity contribution in [1.82, 2.24) is 5.32 Å². The Kier molecular flexibility index (Phi) is 23.1. The van der Waals surface area contributed by atoms with Crippen LogP contribution in [0.25, 0.3) is 6.08 Å². The SMILES string of the molecule is CCCCCCCC(=O)CCCNC(=O)c1cc(C#CCCC(=O)O)c(NC(=O)c2cc(OC)c(NC(=O)c3cc(/C=C/C4CCCCC4)cc(CCC4CC4)c3)cc2CCCCN)c(OCc2ccsc2)c1. The molecule has 0 radical (unpaired) electrons. The summed E-state index contributed by atoms with van der Waals surface area (Å²) in [5.41, 5.74) is 11.5. The van der Waals surface area contributed by atoms with Crippen molar-refractivity contribution in [3.63, 3.8) is 0 Å². The van der Waals surface area contributed by atoms with Gasteiger partial charge in [0, 0.05) is 42.5 Å². The van der Waals surface area contributed by atoms with Crippen LogP contribution in [0.1, 0.15) is 194 Å². The van der Waals surface area contributed by atoms with Gasteiger partial charge in [0.2, 0.25) is 0 Å². The quantitative estimate of drug-likeness (QED) is 0.0250. The van der Waals surface area contributed by atoms with Gasteiger partial charge in [0.1, 0.15) is 23.9 Å².